The van der Waals surface area contributed by atoms with Crippen LogP contribution in [0.4, 0.5) is 0 Å². The average Bonchev–Trinajstić information content (AvgIpc) is 2.61. The Labute approximate surface area is 169 Å². The number of halogens is 2. The molecule has 0 aliphatic carbocycles. The van der Waals surface area contributed by atoms with Crippen molar-refractivity contribution in [1.29, 1.82) is 0 Å². The molecule has 0 saturated heterocycles. The van der Waals surface area contributed by atoms with Crippen molar-refractivity contribution >= 4 is 28.5 Å². The predicted molar refractivity (Wildman–Crippen MR) is 114 cm³/mol. The molecular formula is C21H21Cl2O3P. The summed E-state index contributed by atoms with van der Waals surface area (Å²) in [5.41, 5.74) is 2.61. The molecule has 0 aromatic heterocycles. The average molecular weight is 423 g/mol. The molecule has 0 amide bonds. The summed E-state index contributed by atoms with van der Waals surface area (Å²) >= 11 is 13.7. The molecule has 3 aromatic rings. The molecule has 3 aromatic carbocycles. The Morgan fingerprint density at radius 2 is 0.778 bits per heavy atom. The van der Waals surface area contributed by atoms with Crippen LogP contribution in [0.2, 0.25) is 0 Å². The third kappa shape index (κ3) is 4.87. The van der Waals surface area contributed by atoms with E-state index >= 15 is 0 Å². The first kappa shape index (κ1) is 19.8. The van der Waals surface area contributed by atoms with Gasteiger partial charge in [0.25, 0.3) is 0 Å². The van der Waals surface area contributed by atoms with Gasteiger partial charge < -0.3 is 0 Å². The zero-order valence-corrected chi connectivity index (χ0v) is 17.8. The molecule has 0 unspecified atom stereocenters. The minimum atomic E-state index is -4.62. The van der Waals surface area contributed by atoms with Crippen molar-refractivity contribution in [3.8, 4) is 17.2 Å². The number of para-hydroxylation sites is 3. The molecule has 0 bridgehead atoms. The van der Waals surface area contributed by atoms with Crippen molar-refractivity contribution in [3.05, 3.63) is 89.5 Å². The van der Waals surface area contributed by atoms with Crippen LogP contribution in [0, 0.1) is 20.8 Å². The molecule has 0 saturated carbocycles. The van der Waals surface area contributed by atoms with Crippen molar-refractivity contribution in [2.45, 2.75) is 20.8 Å². The van der Waals surface area contributed by atoms with Crippen LogP contribution >= 0.6 is 28.5 Å². The molecule has 0 radical (unpaired) electrons. The molecule has 0 N–H and O–H groups in total. The second kappa shape index (κ2) is 7.59. The topological polar surface area (TPSA) is 27.7 Å². The van der Waals surface area contributed by atoms with Gasteiger partial charge in [0.05, 0.1) is 0 Å². The van der Waals surface area contributed by atoms with Gasteiger partial charge in [-0.05, 0) is 0 Å². The Kier molecular flexibility index (Phi) is 5.58. The SMILES string of the molecule is Cc1ccccc1OP(Cl)(Cl)(Oc1ccccc1C)Oc1ccccc1C. The summed E-state index contributed by atoms with van der Waals surface area (Å²) in [4.78, 5) is 0. The molecule has 0 atom stereocenters. The molecule has 0 aliphatic heterocycles. The summed E-state index contributed by atoms with van der Waals surface area (Å²) in [6.45, 7) is 5.71. The van der Waals surface area contributed by atoms with Crippen LogP contribution in [0.5, 0.6) is 17.2 Å². The fourth-order valence-corrected chi connectivity index (χ4v) is 5.49. The third-order valence-corrected chi connectivity index (χ3v) is 6.70. The summed E-state index contributed by atoms with van der Waals surface area (Å²) in [7, 11) is 0. The van der Waals surface area contributed by atoms with Gasteiger partial charge >= 0.3 is 170 Å². The quantitative estimate of drug-likeness (QED) is 0.379. The molecule has 0 fully saturated rings. The van der Waals surface area contributed by atoms with Gasteiger partial charge in [-0.1, -0.05) is 0 Å². The second-order valence-corrected chi connectivity index (χ2v) is 12.2. The zero-order valence-electron chi connectivity index (χ0n) is 15.4. The van der Waals surface area contributed by atoms with E-state index in [4.69, 9.17) is 36.1 Å². The zero-order chi connectivity index (χ0) is 19.5. The van der Waals surface area contributed by atoms with Gasteiger partial charge in [0, 0.05) is 0 Å². The Morgan fingerprint density at radius 3 is 1.04 bits per heavy atom. The Balaban J connectivity index is 2.05. The van der Waals surface area contributed by atoms with Crippen molar-refractivity contribution < 1.29 is 13.6 Å². The predicted octanol–water partition coefficient (Wildman–Crippen LogP) is 7.75. The van der Waals surface area contributed by atoms with Gasteiger partial charge in [0.15, 0.2) is 0 Å². The first-order chi connectivity index (χ1) is 12.7. The summed E-state index contributed by atoms with van der Waals surface area (Å²) < 4.78 is 18.2. The van der Waals surface area contributed by atoms with Crippen molar-refractivity contribution in [3.63, 3.8) is 0 Å². The maximum absolute atomic E-state index is 6.84. The van der Waals surface area contributed by atoms with Crippen LogP contribution in [0.3, 0.4) is 0 Å². The summed E-state index contributed by atoms with van der Waals surface area (Å²) in [5.74, 6) is -3.11. The number of rotatable bonds is 6. The Bertz CT molecular complexity index is 837. The van der Waals surface area contributed by atoms with E-state index in [9.17, 15) is 0 Å². The van der Waals surface area contributed by atoms with E-state index in [1.54, 1.807) is 18.2 Å². The summed E-state index contributed by atoms with van der Waals surface area (Å²) in [5, 5.41) is 0. The summed E-state index contributed by atoms with van der Waals surface area (Å²) in [6.07, 6.45) is 0. The van der Waals surface area contributed by atoms with Crippen LogP contribution in [-0.2, 0) is 0 Å². The van der Waals surface area contributed by atoms with Crippen LogP contribution < -0.4 is 13.6 Å². The van der Waals surface area contributed by atoms with E-state index in [1.165, 1.54) is 0 Å². The Hall–Kier alpha value is -1.93. The summed E-state index contributed by atoms with van der Waals surface area (Å²) in [6, 6.07) is 22.3. The first-order valence-corrected chi connectivity index (χ1v) is 12.3. The molecule has 3 rings (SSSR count). The number of hydrogen-bond acceptors (Lipinski definition) is 3. The van der Waals surface area contributed by atoms with E-state index in [2.05, 4.69) is 0 Å². The molecule has 3 nitrogen and oxygen atoms in total. The molecule has 27 heavy (non-hydrogen) atoms. The van der Waals surface area contributed by atoms with Gasteiger partial charge in [0.2, 0.25) is 0 Å². The molecule has 142 valence electrons. The molecule has 0 aliphatic rings. The maximum atomic E-state index is 6.84. The monoisotopic (exact) mass is 422 g/mol. The van der Waals surface area contributed by atoms with Gasteiger partial charge in [-0.15, -0.1) is 0 Å². The van der Waals surface area contributed by atoms with Crippen LogP contribution in [0.15, 0.2) is 72.8 Å². The Morgan fingerprint density at radius 1 is 0.519 bits per heavy atom. The van der Waals surface area contributed by atoms with Gasteiger partial charge in [-0.25, -0.2) is 0 Å². The van der Waals surface area contributed by atoms with Crippen molar-refractivity contribution in [2.75, 3.05) is 0 Å². The minimum absolute atomic E-state index is 0.502. The van der Waals surface area contributed by atoms with E-state index in [0.29, 0.717) is 17.2 Å². The number of aryl methyl sites for hydroxylation is 3. The van der Waals surface area contributed by atoms with Crippen LogP contribution in [-0.4, -0.2) is 0 Å². The normalized spacial score (nSPS) is 12.7. The molecular weight excluding hydrogens is 402 g/mol. The van der Waals surface area contributed by atoms with E-state index in [0.717, 1.165) is 16.7 Å². The third-order valence-electron chi connectivity index (χ3n) is 4.01. The van der Waals surface area contributed by atoms with Crippen LogP contribution in [0.25, 0.3) is 0 Å². The van der Waals surface area contributed by atoms with Gasteiger partial charge in [-0.2, -0.15) is 0 Å². The number of benzene rings is 3. The van der Waals surface area contributed by atoms with E-state index in [1.807, 2.05) is 75.4 Å². The first-order valence-electron chi connectivity index (χ1n) is 8.48. The van der Waals surface area contributed by atoms with E-state index < -0.39 is 5.99 Å². The standard InChI is InChI=1S/C21H21Cl2O3P/c1-16-10-4-7-13-19(16)24-27(22,23,25-20-14-8-5-11-17(20)2)26-21-15-9-6-12-18(21)3/h4-15H,1-3H3. The fraction of sp³-hybridized carbons (Fsp3) is 0.143. The molecule has 0 heterocycles. The van der Waals surface area contributed by atoms with Crippen LogP contribution in [0.1, 0.15) is 16.7 Å². The van der Waals surface area contributed by atoms with Crippen molar-refractivity contribution in [1.82, 2.24) is 0 Å². The molecule has 0 spiro atoms. The van der Waals surface area contributed by atoms with Gasteiger partial charge in [0.1, 0.15) is 0 Å². The molecule has 6 heteroatoms. The number of hydrogen-bond donors (Lipinski definition) is 0. The van der Waals surface area contributed by atoms with Gasteiger partial charge in [-0.3, -0.25) is 0 Å². The van der Waals surface area contributed by atoms with Crippen molar-refractivity contribution in [2.24, 2.45) is 0 Å². The second-order valence-electron chi connectivity index (χ2n) is 6.27. The van der Waals surface area contributed by atoms with E-state index in [-0.39, 0.29) is 0 Å². The fourth-order valence-electron chi connectivity index (χ4n) is 2.50.